The highest BCUT2D eigenvalue weighted by atomic mass is 35.5. The van der Waals surface area contributed by atoms with Crippen molar-refractivity contribution in [3.63, 3.8) is 0 Å². The molecule has 9 heteroatoms. The van der Waals surface area contributed by atoms with Crippen LogP contribution in [-0.2, 0) is 14.8 Å². The molecule has 0 atom stereocenters. The number of nitrogens with zero attached hydrogens (tertiary/aromatic N) is 1. The van der Waals surface area contributed by atoms with Crippen LogP contribution in [0.25, 0.3) is 0 Å². The number of carbonyl (C=O) groups excluding carboxylic acids is 1. The highest BCUT2D eigenvalue weighted by molar-refractivity contribution is 7.89. The third kappa shape index (κ3) is 7.39. The number of rotatable bonds is 11. The van der Waals surface area contributed by atoms with Crippen molar-refractivity contribution in [1.29, 1.82) is 0 Å². The van der Waals surface area contributed by atoms with Crippen molar-refractivity contribution in [2.45, 2.75) is 37.0 Å². The van der Waals surface area contributed by atoms with Gasteiger partial charge >= 0.3 is 0 Å². The van der Waals surface area contributed by atoms with Crippen molar-refractivity contribution < 1.29 is 22.7 Å². The summed E-state index contributed by atoms with van der Waals surface area (Å²) in [5.41, 5.74) is 0. The molecule has 1 fully saturated rings. The fraction of sp³-hybridized carbons (Fsp3) is 0.435. The van der Waals surface area contributed by atoms with E-state index >= 15 is 0 Å². The van der Waals surface area contributed by atoms with E-state index in [1.54, 1.807) is 52.8 Å². The Hall–Kier alpha value is -2.29. The first-order chi connectivity index (χ1) is 15.4. The van der Waals surface area contributed by atoms with E-state index in [4.69, 9.17) is 21.1 Å². The van der Waals surface area contributed by atoms with Crippen LogP contribution in [0, 0.1) is 0 Å². The van der Waals surface area contributed by atoms with Crippen molar-refractivity contribution in [2.75, 3.05) is 32.8 Å². The molecule has 0 spiro atoms. The van der Waals surface area contributed by atoms with E-state index in [2.05, 4.69) is 5.32 Å². The molecule has 0 saturated carbocycles. The lowest BCUT2D eigenvalue weighted by Gasteiger charge is -2.25. The molecule has 174 valence electrons. The molecule has 1 saturated heterocycles. The highest BCUT2D eigenvalue weighted by Crippen LogP contribution is 2.22. The summed E-state index contributed by atoms with van der Waals surface area (Å²) in [6, 6.07) is 13.5. The number of hydrogen-bond donors (Lipinski definition) is 1. The molecule has 0 radical (unpaired) electrons. The largest absolute Gasteiger partial charge is 0.494 e. The van der Waals surface area contributed by atoms with E-state index < -0.39 is 10.0 Å². The Morgan fingerprint density at radius 1 is 0.906 bits per heavy atom. The second-order valence-electron chi connectivity index (χ2n) is 7.54. The number of benzene rings is 2. The topological polar surface area (TPSA) is 84.9 Å². The van der Waals surface area contributed by atoms with Crippen LogP contribution in [0.15, 0.2) is 53.4 Å². The van der Waals surface area contributed by atoms with E-state index in [-0.39, 0.29) is 10.8 Å². The van der Waals surface area contributed by atoms with E-state index in [0.29, 0.717) is 56.5 Å². The number of ether oxygens (including phenoxy) is 2. The molecule has 0 aromatic heterocycles. The Kier molecular flexibility index (Phi) is 9.20. The average molecular weight is 481 g/mol. The van der Waals surface area contributed by atoms with Gasteiger partial charge in [0.2, 0.25) is 15.9 Å². The zero-order chi connectivity index (χ0) is 22.8. The first-order valence-electron chi connectivity index (χ1n) is 10.8. The maximum absolute atomic E-state index is 12.7. The highest BCUT2D eigenvalue weighted by Gasteiger charge is 2.25. The minimum absolute atomic E-state index is 0.0729. The zero-order valence-electron chi connectivity index (χ0n) is 18.0. The number of sulfonamides is 1. The van der Waals surface area contributed by atoms with Crippen LogP contribution in [0.1, 0.15) is 32.1 Å². The normalized spacial score (nSPS) is 14.7. The standard InChI is InChI=1S/C23H29ClN2O5S/c24-19-6-8-20(9-7-19)30-17-4-5-23(27)25-14-18-31-21-10-12-22(13-11-21)32(28,29)26-15-2-1-3-16-26/h6-13H,1-5,14-18H2,(H,25,27). The molecule has 1 amide bonds. The van der Waals surface area contributed by atoms with Gasteiger partial charge in [0.05, 0.1) is 18.0 Å². The smallest absolute Gasteiger partial charge is 0.243 e. The molecule has 2 aromatic carbocycles. The van der Waals surface area contributed by atoms with E-state index in [0.717, 1.165) is 25.0 Å². The minimum Gasteiger partial charge on any atom is -0.494 e. The van der Waals surface area contributed by atoms with Crippen molar-refractivity contribution >= 4 is 27.5 Å². The Bertz CT molecular complexity index is 959. The monoisotopic (exact) mass is 480 g/mol. The van der Waals surface area contributed by atoms with Crippen molar-refractivity contribution in [3.8, 4) is 11.5 Å². The Balaban J connectivity index is 1.31. The summed E-state index contributed by atoms with van der Waals surface area (Å²) in [5.74, 6) is 1.21. The van der Waals surface area contributed by atoms with Gasteiger partial charge in [-0.15, -0.1) is 0 Å². The summed E-state index contributed by atoms with van der Waals surface area (Å²) >= 11 is 5.82. The third-order valence-corrected chi connectivity index (χ3v) is 7.26. The Morgan fingerprint density at radius 3 is 2.16 bits per heavy atom. The summed E-state index contributed by atoms with van der Waals surface area (Å²) in [4.78, 5) is 12.2. The molecule has 1 N–H and O–H groups in total. The quantitative estimate of drug-likeness (QED) is 0.493. The fourth-order valence-corrected chi connectivity index (χ4v) is 5.01. The van der Waals surface area contributed by atoms with Crippen LogP contribution in [0.2, 0.25) is 5.02 Å². The summed E-state index contributed by atoms with van der Waals surface area (Å²) in [6.45, 7) is 2.26. The van der Waals surface area contributed by atoms with Gasteiger partial charge in [0.25, 0.3) is 0 Å². The molecule has 0 aliphatic carbocycles. The van der Waals surface area contributed by atoms with Crippen LogP contribution >= 0.6 is 11.6 Å². The number of carbonyl (C=O) groups is 1. The van der Waals surface area contributed by atoms with Crippen molar-refractivity contribution in [3.05, 3.63) is 53.6 Å². The molecule has 0 bridgehead atoms. The van der Waals surface area contributed by atoms with Gasteiger partial charge in [-0.3, -0.25) is 4.79 Å². The number of hydrogen-bond acceptors (Lipinski definition) is 5. The first kappa shape index (κ1) is 24.4. The molecule has 1 heterocycles. The minimum atomic E-state index is -3.44. The van der Waals surface area contributed by atoms with E-state index in [1.807, 2.05) is 0 Å². The molecule has 7 nitrogen and oxygen atoms in total. The van der Waals surface area contributed by atoms with Gasteiger partial charge in [-0.2, -0.15) is 4.31 Å². The van der Waals surface area contributed by atoms with Gasteiger partial charge in [-0.05, 0) is 67.8 Å². The van der Waals surface area contributed by atoms with Gasteiger partial charge in [0, 0.05) is 24.5 Å². The molecule has 2 aromatic rings. The molecule has 3 rings (SSSR count). The molecule has 1 aliphatic heterocycles. The number of nitrogens with one attached hydrogen (secondary N) is 1. The van der Waals surface area contributed by atoms with Gasteiger partial charge in [0.1, 0.15) is 18.1 Å². The Labute approximate surface area is 194 Å². The maximum Gasteiger partial charge on any atom is 0.243 e. The molecule has 32 heavy (non-hydrogen) atoms. The number of halogens is 1. The number of piperidine rings is 1. The van der Waals surface area contributed by atoms with Gasteiger partial charge in [-0.25, -0.2) is 8.42 Å². The molecular weight excluding hydrogens is 452 g/mol. The SMILES string of the molecule is O=C(CCCOc1ccc(Cl)cc1)NCCOc1ccc(S(=O)(=O)N2CCCCC2)cc1. The molecule has 0 unspecified atom stereocenters. The first-order valence-corrected chi connectivity index (χ1v) is 12.6. The molecular formula is C23H29ClN2O5S. The second kappa shape index (κ2) is 12.1. The van der Waals surface area contributed by atoms with Crippen LogP contribution < -0.4 is 14.8 Å². The van der Waals surface area contributed by atoms with Crippen LogP contribution in [0.4, 0.5) is 0 Å². The lowest BCUT2D eigenvalue weighted by atomic mass is 10.2. The molecule has 1 aliphatic rings. The second-order valence-corrected chi connectivity index (χ2v) is 9.91. The predicted molar refractivity (Wildman–Crippen MR) is 124 cm³/mol. The van der Waals surface area contributed by atoms with Crippen LogP contribution in [0.3, 0.4) is 0 Å². The summed E-state index contributed by atoms with van der Waals surface area (Å²) < 4.78 is 38.0. The van der Waals surface area contributed by atoms with Crippen LogP contribution in [0.5, 0.6) is 11.5 Å². The van der Waals surface area contributed by atoms with Crippen LogP contribution in [-0.4, -0.2) is 51.5 Å². The van der Waals surface area contributed by atoms with Crippen molar-refractivity contribution in [1.82, 2.24) is 9.62 Å². The van der Waals surface area contributed by atoms with Gasteiger partial charge in [0.15, 0.2) is 0 Å². The van der Waals surface area contributed by atoms with E-state index in [9.17, 15) is 13.2 Å². The average Bonchev–Trinajstić information content (AvgIpc) is 2.81. The fourth-order valence-electron chi connectivity index (χ4n) is 3.36. The summed E-state index contributed by atoms with van der Waals surface area (Å²) in [5, 5.41) is 3.45. The Morgan fingerprint density at radius 2 is 1.50 bits per heavy atom. The zero-order valence-corrected chi connectivity index (χ0v) is 19.5. The third-order valence-electron chi connectivity index (χ3n) is 5.10. The lowest BCUT2D eigenvalue weighted by Crippen LogP contribution is -2.35. The summed E-state index contributed by atoms with van der Waals surface area (Å²) in [7, 11) is -3.44. The number of amides is 1. The van der Waals surface area contributed by atoms with E-state index in [1.165, 1.54) is 0 Å². The predicted octanol–water partition coefficient (Wildman–Crippen LogP) is 3.87. The maximum atomic E-state index is 12.7. The lowest BCUT2D eigenvalue weighted by molar-refractivity contribution is -0.121. The summed E-state index contributed by atoms with van der Waals surface area (Å²) in [6.07, 6.45) is 3.84. The van der Waals surface area contributed by atoms with Crippen molar-refractivity contribution in [2.24, 2.45) is 0 Å². The van der Waals surface area contributed by atoms with Gasteiger partial charge < -0.3 is 14.8 Å². The van der Waals surface area contributed by atoms with Gasteiger partial charge in [-0.1, -0.05) is 18.0 Å².